The maximum absolute atomic E-state index is 16.0. The van der Waals surface area contributed by atoms with Crippen molar-refractivity contribution in [3.8, 4) is 0 Å². The molecule has 0 aromatic heterocycles. The van der Waals surface area contributed by atoms with Gasteiger partial charge < -0.3 is 5.11 Å². The Kier molecular flexibility index (Phi) is 6.50. The third-order valence-electron chi connectivity index (χ3n) is 10.5. The van der Waals surface area contributed by atoms with E-state index in [2.05, 4.69) is 0 Å². The number of carbonyl (C=O) groups is 4. The van der Waals surface area contributed by atoms with Gasteiger partial charge in [-0.2, -0.15) is 0 Å². The highest BCUT2D eigenvalue weighted by atomic mass is 16.4. The number of fused-ring (bicyclic) bond motifs is 5. The number of hydrogen-bond acceptors (Lipinski definition) is 4. The number of imide groups is 1. The molecule has 4 unspecified atom stereocenters. The first kappa shape index (κ1) is 29.5. The molecule has 1 heterocycles. The summed E-state index contributed by atoms with van der Waals surface area (Å²) in [5.74, 6) is -4.57. The van der Waals surface area contributed by atoms with Gasteiger partial charge in [-0.15, -0.1) is 0 Å². The van der Waals surface area contributed by atoms with E-state index in [1.165, 1.54) is 18.2 Å². The van der Waals surface area contributed by atoms with Gasteiger partial charge in [0.1, 0.15) is 0 Å². The lowest BCUT2D eigenvalue weighted by atomic mass is 9.59. The number of aromatic carboxylic acids is 1. The maximum atomic E-state index is 16.0. The summed E-state index contributed by atoms with van der Waals surface area (Å²) in [5.41, 5.74) is 3.50. The van der Waals surface area contributed by atoms with Crippen LogP contribution in [0.15, 0.2) is 133 Å². The molecule has 2 fully saturated rings. The Morgan fingerprint density at radius 1 is 0.583 bits per heavy atom. The second-order valence-electron chi connectivity index (χ2n) is 13.0. The van der Waals surface area contributed by atoms with E-state index in [0.717, 1.165) is 38.3 Å². The summed E-state index contributed by atoms with van der Waals surface area (Å²) in [6, 6.07) is 40.6. The number of benzene rings is 5. The van der Waals surface area contributed by atoms with Crippen molar-refractivity contribution in [3.63, 3.8) is 0 Å². The molecule has 2 aliphatic carbocycles. The van der Waals surface area contributed by atoms with E-state index in [-0.39, 0.29) is 17.0 Å². The van der Waals surface area contributed by atoms with E-state index >= 15 is 14.4 Å². The van der Waals surface area contributed by atoms with Crippen molar-refractivity contribution in [2.24, 2.45) is 11.8 Å². The molecule has 0 spiro atoms. The van der Waals surface area contributed by atoms with Crippen molar-refractivity contribution in [1.29, 1.82) is 0 Å². The van der Waals surface area contributed by atoms with Gasteiger partial charge in [-0.3, -0.25) is 14.4 Å². The largest absolute Gasteiger partial charge is 0.478 e. The fourth-order valence-electron chi connectivity index (χ4n) is 8.60. The summed E-state index contributed by atoms with van der Waals surface area (Å²) in [6.07, 6.45) is 0. The average molecular weight is 630 g/mol. The number of rotatable bonds is 6. The first-order valence-corrected chi connectivity index (χ1v) is 16.0. The number of carboxylic acids is 1. The molecule has 2 bridgehead atoms. The fraction of sp³-hybridized carbons (Fsp3) is 0.143. The van der Waals surface area contributed by atoms with Crippen molar-refractivity contribution in [3.05, 3.63) is 172 Å². The van der Waals surface area contributed by atoms with Crippen molar-refractivity contribution in [2.75, 3.05) is 4.90 Å². The molecule has 6 nitrogen and oxygen atoms in total. The first-order valence-electron chi connectivity index (χ1n) is 16.0. The Bertz CT molecular complexity index is 2060. The van der Waals surface area contributed by atoms with Gasteiger partial charge >= 0.3 is 5.97 Å². The van der Waals surface area contributed by atoms with E-state index in [1.54, 1.807) is 6.07 Å². The molecular weight excluding hydrogens is 598 g/mol. The van der Waals surface area contributed by atoms with Crippen LogP contribution in [0.2, 0.25) is 0 Å². The molecule has 8 rings (SSSR count). The molecule has 1 saturated heterocycles. The van der Waals surface area contributed by atoms with Gasteiger partial charge in [0.25, 0.3) is 0 Å². The van der Waals surface area contributed by atoms with Crippen LogP contribution in [0.1, 0.15) is 43.7 Å². The van der Waals surface area contributed by atoms with Gasteiger partial charge in [-0.1, -0.05) is 126 Å². The van der Waals surface area contributed by atoms with E-state index in [9.17, 15) is 9.90 Å². The monoisotopic (exact) mass is 629 g/mol. The Morgan fingerprint density at radius 2 is 1.02 bits per heavy atom. The highest BCUT2D eigenvalue weighted by molar-refractivity contribution is 6.39. The minimum Gasteiger partial charge on any atom is -0.478 e. The molecule has 3 aliphatic rings. The highest BCUT2D eigenvalue weighted by Gasteiger charge is 2.82. The number of ketones is 1. The molecule has 2 amide bonds. The van der Waals surface area contributed by atoms with E-state index in [4.69, 9.17) is 0 Å². The van der Waals surface area contributed by atoms with Gasteiger partial charge in [-0.05, 0) is 65.4 Å². The molecule has 1 aliphatic heterocycles. The van der Waals surface area contributed by atoms with Crippen LogP contribution in [0.3, 0.4) is 0 Å². The lowest BCUT2D eigenvalue weighted by Gasteiger charge is -2.39. The van der Waals surface area contributed by atoms with Crippen LogP contribution in [-0.2, 0) is 25.2 Å². The van der Waals surface area contributed by atoms with Gasteiger partial charge in [0.2, 0.25) is 11.8 Å². The summed E-state index contributed by atoms with van der Waals surface area (Å²) in [5, 5.41) is 9.77. The van der Waals surface area contributed by atoms with Crippen LogP contribution in [-0.4, -0.2) is 28.7 Å². The van der Waals surface area contributed by atoms with Crippen LogP contribution in [0, 0.1) is 25.7 Å². The molecule has 234 valence electrons. The lowest BCUT2D eigenvalue weighted by Crippen LogP contribution is -2.45. The minimum atomic E-state index is -1.52. The van der Waals surface area contributed by atoms with Gasteiger partial charge in [0, 0.05) is 0 Å². The molecule has 48 heavy (non-hydrogen) atoms. The zero-order valence-electron chi connectivity index (χ0n) is 26.4. The Hall–Kier alpha value is -5.88. The van der Waals surface area contributed by atoms with E-state index in [0.29, 0.717) is 11.1 Å². The molecule has 4 atom stereocenters. The zero-order valence-corrected chi connectivity index (χ0v) is 26.4. The Balaban J connectivity index is 1.54. The highest BCUT2D eigenvalue weighted by Crippen LogP contribution is 2.74. The number of allylic oxidation sites excluding steroid dienone is 2. The molecule has 0 radical (unpaired) electrons. The summed E-state index contributed by atoms with van der Waals surface area (Å²) in [6.45, 7) is 4.00. The SMILES string of the molecule is Cc1ccc(C2=C(c3ccc(C)cc3)C3(c4ccccc4)C(=O)C2(c2ccccc2)C2C(=O)N(c4cccc(C(=O)O)c4)C(=O)C23)cc1. The van der Waals surface area contributed by atoms with Crippen molar-refractivity contribution < 1.29 is 24.3 Å². The molecule has 5 aromatic carbocycles. The Morgan fingerprint density at radius 3 is 1.44 bits per heavy atom. The molecule has 1 N–H and O–H groups in total. The topological polar surface area (TPSA) is 91.8 Å². The maximum Gasteiger partial charge on any atom is 0.335 e. The molecule has 1 saturated carbocycles. The second-order valence-corrected chi connectivity index (χ2v) is 13.0. The number of hydrogen-bond donors (Lipinski definition) is 1. The number of anilines is 1. The molecular formula is C42H31NO5. The van der Waals surface area contributed by atoms with Crippen molar-refractivity contribution in [1.82, 2.24) is 0 Å². The normalized spacial score (nSPS) is 24.4. The van der Waals surface area contributed by atoms with Gasteiger partial charge in [0.15, 0.2) is 5.78 Å². The van der Waals surface area contributed by atoms with E-state index < -0.39 is 40.4 Å². The number of nitrogens with zero attached hydrogens (tertiary/aromatic N) is 1. The van der Waals surface area contributed by atoms with Crippen LogP contribution < -0.4 is 4.90 Å². The summed E-state index contributed by atoms with van der Waals surface area (Å²) < 4.78 is 0. The summed E-state index contributed by atoms with van der Waals surface area (Å²) >= 11 is 0. The van der Waals surface area contributed by atoms with Crippen LogP contribution >= 0.6 is 0 Å². The van der Waals surface area contributed by atoms with Crippen LogP contribution in [0.4, 0.5) is 5.69 Å². The van der Waals surface area contributed by atoms with Crippen molar-refractivity contribution >= 4 is 40.4 Å². The second kappa shape index (κ2) is 10.6. The fourth-order valence-corrected chi connectivity index (χ4v) is 8.60. The first-order chi connectivity index (χ1) is 23.2. The average Bonchev–Trinajstić information content (AvgIpc) is 3.62. The van der Waals surface area contributed by atoms with Crippen LogP contribution in [0.5, 0.6) is 0 Å². The Labute approximate surface area is 278 Å². The minimum absolute atomic E-state index is 0.0430. The number of carbonyl (C=O) groups excluding carboxylic acids is 3. The van der Waals surface area contributed by atoms with Gasteiger partial charge in [0.05, 0.1) is 33.9 Å². The number of Topliss-reactive ketones (excluding diaryl/α,β-unsaturated/α-hetero) is 1. The summed E-state index contributed by atoms with van der Waals surface area (Å²) in [7, 11) is 0. The third kappa shape index (κ3) is 3.74. The van der Waals surface area contributed by atoms with Gasteiger partial charge in [-0.25, -0.2) is 9.69 Å². The van der Waals surface area contributed by atoms with Crippen LogP contribution in [0.25, 0.3) is 11.1 Å². The quantitative estimate of drug-likeness (QED) is 0.201. The predicted molar refractivity (Wildman–Crippen MR) is 183 cm³/mol. The standard InChI is InChI=1S/C42H31NO5/c1-25-16-20-27(21-17-25)33-34(28-22-18-26(2)19-23-28)42(31-13-7-4-8-14-31)36-35(41(33,40(42)48)30-11-5-3-6-12-30)37(44)43(38(36)45)32-15-9-10-29(24-32)39(46)47/h3-24,35-36H,1-2H3,(H,46,47). The van der Waals surface area contributed by atoms with Crippen molar-refractivity contribution in [2.45, 2.75) is 24.7 Å². The third-order valence-corrected chi connectivity index (χ3v) is 10.5. The molecule has 6 heteroatoms. The number of aryl methyl sites for hydroxylation is 2. The lowest BCUT2D eigenvalue weighted by molar-refractivity contribution is -0.130. The predicted octanol–water partition coefficient (Wildman–Crippen LogP) is 7.19. The summed E-state index contributed by atoms with van der Waals surface area (Å²) in [4.78, 5) is 59.2. The van der Waals surface area contributed by atoms with E-state index in [1.807, 2.05) is 123 Å². The zero-order chi connectivity index (χ0) is 33.4. The smallest absolute Gasteiger partial charge is 0.335 e. The number of carboxylic acid groups (broad SMARTS) is 1. The molecule has 5 aromatic rings. The number of amides is 2.